The topological polar surface area (TPSA) is 131 Å². The molecule has 3 heterocycles. The Kier molecular flexibility index (Phi) is 6.48. The number of fused-ring (bicyclic) bond motifs is 1. The lowest BCUT2D eigenvalue weighted by Crippen LogP contribution is -2.48. The van der Waals surface area contributed by atoms with Crippen LogP contribution in [0.4, 0.5) is 21.2 Å². The third kappa shape index (κ3) is 5.38. The number of pyridine rings is 1. The number of hydrogen-bond acceptors (Lipinski definition) is 7. The van der Waals surface area contributed by atoms with Crippen LogP contribution in [0.2, 0.25) is 25.7 Å². The fraction of sp³-hybridized carbons (Fsp3) is 0.619. The minimum atomic E-state index is -1.25. The molecule has 12 heteroatoms. The lowest BCUT2D eigenvalue weighted by molar-refractivity contribution is -0.122. The molecule has 1 aromatic heterocycles. The van der Waals surface area contributed by atoms with Crippen molar-refractivity contribution in [2.24, 2.45) is 5.92 Å². The van der Waals surface area contributed by atoms with Gasteiger partial charge in [-0.2, -0.15) is 0 Å². The van der Waals surface area contributed by atoms with Gasteiger partial charge < -0.3 is 24.6 Å². The maximum atomic E-state index is 12.5. The number of ether oxygens (including phenoxy) is 3. The van der Waals surface area contributed by atoms with Gasteiger partial charge in [0.1, 0.15) is 18.7 Å². The maximum absolute atomic E-state index is 12.5. The van der Waals surface area contributed by atoms with Gasteiger partial charge in [0.05, 0.1) is 6.54 Å². The van der Waals surface area contributed by atoms with Crippen molar-refractivity contribution in [1.29, 1.82) is 0 Å². The van der Waals surface area contributed by atoms with E-state index in [-0.39, 0.29) is 37.3 Å². The Labute approximate surface area is 193 Å². The van der Waals surface area contributed by atoms with E-state index in [1.807, 2.05) is 0 Å². The Balaban J connectivity index is 1.41. The molecule has 3 amide bonds. The smallest absolute Gasteiger partial charge is 0.415 e. The summed E-state index contributed by atoms with van der Waals surface area (Å²) in [6, 6.07) is 4.23. The van der Waals surface area contributed by atoms with Crippen molar-refractivity contribution in [1.82, 2.24) is 10.3 Å². The van der Waals surface area contributed by atoms with Gasteiger partial charge in [-0.3, -0.25) is 14.6 Å². The van der Waals surface area contributed by atoms with Gasteiger partial charge in [0.2, 0.25) is 0 Å². The van der Waals surface area contributed by atoms with Crippen LogP contribution >= 0.6 is 0 Å². The van der Waals surface area contributed by atoms with E-state index in [2.05, 4.69) is 29.9 Å². The number of aromatic nitrogens is 1. The summed E-state index contributed by atoms with van der Waals surface area (Å²) >= 11 is 0. The van der Waals surface area contributed by atoms with Crippen LogP contribution in [0.25, 0.3) is 0 Å². The Bertz CT molecular complexity index is 932. The van der Waals surface area contributed by atoms with E-state index in [4.69, 9.17) is 19.3 Å². The predicted octanol–water partition coefficient (Wildman–Crippen LogP) is 2.49. The molecule has 1 unspecified atom stereocenters. The highest BCUT2D eigenvalue weighted by molar-refractivity contribution is 6.76. The zero-order valence-electron chi connectivity index (χ0n) is 19.1. The zero-order valence-corrected chi connectivity index (χ0v) is 20.1. The Morgan fingerprint density at radius 2 is 2.06 bits per heavy atom. The summed E-state index contributed by atoms with van der Waals surface area (Å²) in [5.41, 5.74) is 0. The highest BCUT2D eigenvalue weighted by Crippen LogP contribution is 2.37. The molecule has 1 aromatic rings. The molecule has 2 aliphatic heterocycles. The summed E-state index contributed by atoms with van der Waals surface area (Å²) < 4.78 is 16.8. The second-order valence-electron chi connectivity index (χ2n) is 9.86. The van der Waals surface area contributed by atoms with Crippen molar-refractivity contribution in [3.63, 3.8) is 0 Å². The van der Waals surface area contributed by atoms with E-state index in [9.17, 15) is 14.4 Å². The summed E-state index contributed by atoms with van der Waals surface area (Å²) in [4.78, 5) is 43.2. The number of nitrogens with zero attached hydrogens (tertiary/aromatic N) is 3. The summed E-state index contributed by atoms with van der Waals surface area (Å²) in [6.45, 7) is 7.64. The van der Waals surface area contributed by atoms with Crippen LogP contribution < -0.4 is 19.9 Å². The Hall–Kier alpha value is -2.86. The molecule has 11 nitrogen and oxygen atoms in total. The lowest BCUT2D eigenvalue weighted by atomic mass is 9.76. The van der Waals surface area contributed by atoms with Crippen LogP contribution in [0.1, 0.15) is 12.8 Å². The van der Waals surface area contributed by atoms with Gasteiger partial charge >= 0.3 is 12.2 Å². The highest BCUT2D eigenvalue weighted by atomic mass is 28.3. The molecule has 3 aliphatic rings. The van der Waals surface area contributed by atoms with Gasteiger partial charge in [-0.25, -0.2) is 14.6 Å². The molecule has 0 spiro atoms. The molecule has 0 bridgehead atoms. The van der Waals surface area contributed by atoms with Gasteiger partial charge in [0.15, 0.2) is 18.2 Å². The first-order valence-corrected chi connectivity index (χ1v) is 14.8. The van der Waals surface area contributed by atoms with Crippen LogP contribution in [0.3, 0.4) is 0 Å². The Morgan fingerprint density at radius 1 is 1.30 bits per heavy atom. The SMILES string of the molecule is C[Si](C)(C)CCOCN1C(=O)COc2ccc(N3CC([C@H]4C[C@H](NC(=O)O)C4)OC3=O)nc21. The van der Waals surface area contributed by atoms with E-state index in [1.165, 1.54) is 9.80 Å². The summed E-state index contributed by atoms with van der Waals surface area (Å²) in [5, 5.41) is 11.3. The molecule has 0 radical (unpaired) electrons. The third-order valence-electron chi connectivity index (χ3n) is 6.09. The standard InChI is InChI=1S/C21H30N4O7Si/c1-33(2,3)7-6-30-12-25-18(26)11-31-15-4-5-17(23-19(15)25)24-10-16(32-21(24)29)13-8-14(9-13)22-20(27)28/h4-5,13-14,16,22H,6-12H2,1-3H3,(H,27,28)/t13-,14-,16?. The van der Waals surface area contributed by atoms with Gasteiger partial charge in [0, 0.05) is 26.6 Å². The number of anilines is 2. The first-order valence-electron chi connectivity index (χ1n) is 11.1. The van der Waals surface area contributed by atoms with Gasteiger partial charge in [-0.1, -0.05) is 19.6 Å². The average Bonchev–Trinajstić information content (AvgIpc) is 3.08. The normalized spacial score (nSPS) is 24.6. The second kappa shape index (κ2) is 9.18. The van der Waals surface area contributed by atoms with Crippen molar-refractivity contribution in [3.05, 3.63) is 12.1 Å². The summed E-state index contributed by atoms with van der Waals surface area (Å²) in [7, 11) is -1.25. The fourth-order valence-electron chi connectivity index (χ4n) is 4.06. The third-order valence-corrected chi connectivity index (χ3v) is 7.79. The molecule has 0 aromatic carbocycles. The number of carbonyl (C=O) groups excluding carboxylic acids is 2. The summed E-state index contributed by atoms with van der Waals surface area (Å²) in [6.07, 6.45) is -0.641. The van der Waals surface area contributed by atoms with E-state index in [0.717, 1.165) is 6.04 Å². The van der Waals surface area contributed by atoms with Crippen molar-refractivity contribution < 1.29 is 33.7 Å². The van der Waals surface area contributed by atoms with Gasteiger partial charge in [0.25, 0.3) is 5.91 Å². The zero-order chi connectivity index (χ0) is 23.8. The van der Waals surface area contributed by atoms with Gasteiger partial charge in [-0.15, -0.1) is 0 Å². The first kappa shape index (κ1) is 23.3. The monoisotopic (exact) mass is 478 g/mol. The maximum Gasteiger partial charge on any atom is 0.415 e. The van der Waals surface area contributed by atoms with Crippen molar-refractivity contribution in [2.45, 2.75) is 50.7 Å². The van der Waals surface area contributed by atoms with E-state index in [0.29, 0.717) is 43.4 Å². The molecule has 1 atom stereocenters. The molecule has 33 heavy (non-hydrogen) atoms. The predicted molar refractivity (Wildman–Crippen MR) is 121 cm³/mol. The highest BCUT2D eigenvalue weighted by Gasteiger charge is 2.44. The van der Waals surface area contributed by atoms with Crippen molar-refractivity contribution >= 4 is 37.8 Å². The Morgan fingerprint density at radius 3 is 2.76 bits per heavy atom. The van der Waals surface area contributed by atoms with Crippen LogP contribution in [0.15, 0.2) is 12.1 Å². The largest absolute Gasteiger partial charge is 0.480 e. The molecule has 2 N–H and O–H groups in total. The number of amides is 3. The fourth-order valence-corrected chi connectivity index (χ4v) is 4.82. The van der Waals surface area contributed by atoms with Crippen LogP contribution in [0.5, 0.6) is 5.75 Å². The molecule has 4 rings (SSSR count). The molecule has 1 saturated carbocycles. The number of cyclic esters (lactones) is 1. The van der Waals surface area contributed by atoms with E-state index in [1.54, 1.807) is 12.1 Å². The molecule has 180 valence electrons. The molecule has 2 fully saturated rings. The quantitative estimate of drug-likeness (QED) is 0.430. The van der Waals surface area contributed by atoms with Gasteiger partial charge in [-0.05, 0) is 31.0 Å². The van der Waals surface area contributed by atoms with Crippen molar-refractivity contribution in [2.75, 3.05) is 36.3 Å². The number of carboxylic acid groups (broad SMARTS) is 1. The van der Waals surface area contributed by atoms with E-state index >= 15 is 0 Å². The summed E-state index contributed by atoms with van der Waals surface area (Å²) in [5.74, 6) is 0.981. The molecule has 1 saturated heterocycles. The number of carbonyl (C=O) groups is 3. The van der Waals surface area contributed by atoms with Crippen LogP contribution in [-0.4, -0.2) is 74.9 Å². The molecule has 1 aliphatic carbocycles. The number of rotatable bonds is 8. The minimum absolute atomic E-state index is 0.0727. The van der Waals surface area contributed by atoms with Crippen LogP contribution in [0, 0.1) is 5.92 Å². The molecular formula is C21H30N4O7Si. The number of hydrogen-bond donors (Lipinski definition) is 2. The molecular weight excluding hydrogens is 448 g/mol. The lowest BCUT2D eigenvalue weighted by Gasteiger charge is -2.37. The first-order chi connectivity index (χ1) is 15.6. The second-order valence-corrected chi connectivity index (χ2v) is 15.5. The van der Waals surface area contributed by atoms with E-state index < -0.39 is 20.3 Å². The average molecular weight is 479 g/mol. The van der Waals surface area contributed by atoms with Crippen LogP contribution in [-0.2, 0) is 14.3 Å². The van der Waals surface area contributed by atoms with Crippen molar-refractivity contribution in [3.8, 4) is 5.75 Å². The number of nitrogens with one attached hydrogen (secondary N) is 1. The minimum Gasteiger partial charge on any atom is -0.480 e.